The lowest BCUT2D eigenvalue weighted by Crippen LogP contribution is -2.40. The predicted octanol–water partition coefficient (Wildman–Crippen LogP) is 1.05. The van der Waals surface area contributed by atoms with Gasteiger partial charge >= 0.3 is 0 Å². The van der Waals surface area contributed by atoms with E-state index in [0.717, 1.165) is 31.6 Å². The van der Waals surface area contributed by atoms with Gasteiger partial charge in [0, 0.05) is 24.4 Å². The molecule has 1 atom stereocenters. The number of hydrogen-bond donors (Lipinski definition) is 1. The molecule has 0 aliphatic carbocycles. The number of carbonyl (C=O) groups is 1. The number of nitrogens with zero attached hydrogens (tertiary/aromatic N) is 2. The Morgan fingerprint density at radius 2 is 2.41 bits per heavy atom. The third-order valence-corrected chi connectivity index (χ3v) is 3.24. The van der Waals surface area contributed by atoms with Crippen LogP contribution < -0.4 is 5.73 Å². The van der Waals surface area contributed by atoms with Gasteiger partial charge in [0.15, 0.2) is 0 Å². The molecule has 1 aliphatic rings. The maximum atomic E-state index is 10.9. The van der Waals surface area contributed by atoms with Crippen molar-refractivity contribution in [3.05, 3.63) is 29.6 Å². The van der Waals surface area contributed by atoms with Crippen LogP contribution in [-0.2, 0) is 4.79 Å². The first-order valence-electron chi connectivity index (χ1n) is 6.08. The fraction of sp³-hybridized carbons (Fsp3) is 0.538. The third kappa shape index (κ3) is 3.27. The summed E-state index contributed by atoms with van der Waals surface area (Å²) in [5.74, 6) is 0.186. The molecule has 4 heteroatoms. The molecule has 17 heavy (non-hydrogen) atoms. The fourth-order valence-corrected chi connectivity index (χ4v) is 2.38. The zero-order chi connectivity index (χ0) is 12.3. The zero-order valence-corrected chi connectivity index (χ0v) is 10.2. The highest BCUT2D eigenvalue weighted by molar-refractivity contribution is 5.75. The van der Waals surface area contributed by atoms with E-state index in [1.807, 2.05) is 13.1 Å². The molecule has 1 fully saturated rings. The number of amides is 1. The molecule has 1 aliphatic heterocycles. The molecule has 1 saturated heterocycles. The number of aromatic nitrogens is 1. The minimum absolute atomic E-state index is 0.248. The molecule has 0 aromatic carbocycles. The Hall–Kier alpha value is -1.42. The van der Waals surface area contributed by atoms with Crippen molar-refractivity contribution < 1.29 is 4.79 Å². The van der Waals surface area contributed by atoms with E-state index in [-0.39, 0.29) is 5.91 Å². The summed E-state index contributed by atoms with van der Waals surface area (Å²) in [6.07, 6.45) is 4.15. The highest BCUT2D eigenvalue weighted by Gasteiger charge is 2.22. The highest BCUT2D eigenvalue weighted by atomic mass is 16.1. The summed E-state index contributed by atoms with van der Waals surface area (Å²) in [4.78, 5) is 17.5. The lowest BCUT2D eigenvalue weighted by atomic mass is 9.94. The summed E-state index contributed by atoms with van der Waals surface area (Å²) in [7, 11) is 0. The average Bonchev–Trinajstić information content (AvgIpc) is 2.29. The molecule has 1 aromatic rings. The van der Waals surface area contributed by atoms with Gasteiger partial charge in [0.2, 0.25) is 5.91 Å². The summed E-state index contributed by atoms with van der Waals surface area (Å²) in [5, 5.41) is 0. The molecule has 0 bridgehead atoms. The van der Waals surface area contributed by atoms with Gasteiger partial charge in [0.05, 0.1) is 6.54 Å². The fourth-order valence-electron chi connectivity index (χ4n) is 2.38. The Labute approximate surface area is 102 Å². The molecule has 1 amide bonds. The van der Waals surface area contributed by atoms with Gasteiger partial charge in [0.1, 0.15) is 0 Å². The van der Waals surface area contributed by atoms with Crippen LogP contribution in [0.25, 0.3) is 0 Å². The molecule has 0 radical (unpaired) electrons. The van der Waals surface area contributed by atoms with E-state index in [4.69, 9.17) is 5.73 Å². The molecule has 2 heterocycles. The lowest BCUT2D eigenvalue weighted by molar-refractivity contribution is -0.119. The van der Waals surface area contributed by atoms with Gasteiger partial charge in [-0.25, -0.2) is 0 Å². The Morgan fingerprint density at radius 1 is 1.59 bits per heavy atom. The molecule has 0 saturated carbocycles. The smallest absolute Gasteiger partial charge is 0.231 e. The molecular weight excluding hydrogens is 214 g/mol. The third-order valence-electron chi connectivity index (χ3n) is 3.24. The van der Waals surface area contributed by atoms with Crippen LogP contribution >= 0.6 is 0 Å². The number of aryl methyl sites for hydroxylation is 1. The zero-order valence-electron chi connectivity index (χ0n) is 10.2. The topological polar surface area (TPSA) is 59.2 Å². The number of likely N-dealkylation sites (tertiary alicyclic amines) is 1. The quantitative estimate of drug-likeness (QED) is 0.849. The second kappa shape index (κ2) is 5.27. The summed E-state index contributed by atoms with van der Waals surface area (Å²) >= 11 is 0. The van der Waals surface area contributed by atoms with Crippen molar-refractivity contribution in [3.8, 4) is 0 Å². The molecule has 0 spiro atoms. The number of rotatable bonds is 3. The summed E-state index contributed by atoms with van der Waals surface area (Å²) in [5.41, 5.74) is 7.54. The van der Waals surface area contributed by atoms with Gasteiger partial charge in [-0.2, -0.15) is 0 Å². The van der Waals surface area contributed by atoms with Crippen LogP contribution in [0.2, 0.25) is 0 Å². The monoisotopic (exact) mass is 233 g/mol. The Bertz CT molecular complexity index is 388. The molecule has 0 unspecified atom stereocenters. The molecule has 92 valence electrons. The van der Waals surface area contributed by atoms with Crippen LogP contribution in [0, 0.1) is 6.92 Å². The first-order valence-corrected chi connectivity index (χ1v) is 6.08. The van der Waals surface area contributed by atoms with Crippen LogP contribution in [0.5, 0.6) is 0 Å². The van der Waals surface area contributed by atoms with Gasteiger partial charge in [-0.05, 0) is 37.9 Å². The minimum atomic E-state index is -0.248. The van der Waals surface area contributed by atoms with E-state index in [1.54, 1.807) is 0 Å². The molecule has 2 rings (SSSR count). The number of primary amides is 1. The van der Waals surface area contributed by atoms with Gasteiger partial charge in [-0.15, -0.1) is 0 Å². The summed E-state index contributed by atoms with van der Waals surface area (Å²) in [6, 6.07) is 4.18. The van der Waals surface area contributed by atoms with Crippen molar-refractivity contribution in [2.24, 2.45) is 5.73 Å². The number of nitrogens with two attached hydrogens (primary N) is 1. The molecule has 1 aromatic heterocycles. The normalized spacial score (nSPS) is 21.4. The van der Waals surface area contributed by atoms with Crippen LogP contribution in [0.4, 0.5) is 0 Å². The van der Waals surface area contributed by atoms with E-state index in [2.05, 4.69) is 22.0 Å². The maximum absolute atomic E-state index is 10.9. The Morgan fingerprint density at radius 3 is 3.06 bits per heavy atom. The molecule has 4 nitrogen and oxygen atoms in total. The molecular formula is C13H19N3O. The first kappa shape index (κ1) is 12.0. The van der Waals surface area contributed by atoms with Crippen molar-refractivity contribution in [1.82, 2.24) is 9.88 Å². The largest absolute Gasteiger partial charge is 0.369 e. The minimum Gasteiger partial charge on any atom is -0.369 e. The highest BCUT2D eigenvalue weighted by Crippen LogP contribution is 2.25. The van der Waals surface area contributed by atoms with Crippen LogP contribution in [0.1, 0.15) is 30.0 Å². The maximum Gasteiger partial charge on any atom is 0.231 e. The van der Waals surface area contributed by atoms with Gasteiger partial charge < -0.3 is 5.73 Å². The Balaban J connectivity index is 2.01. The van der Waals surface area contributed by atoms with Crippen molar-refractivity contribution in [1.29, 1.82) is 0 Å². The van der Waals surface area contributed by atoms with E-state index in [1.165, 1.54) is 5.56 Å². The Kier molecular flexibility index (Phi) is 3.74. The lowest BCUT2D eigenvalue weighted by Gasteiger charge is -2.31. The SMILES string of the molecule is Cc1ccc([C@@H]2CCCN(CC(N)=O)C2)nc1. The number of hydrogen-bond acceptors (Lipinski definition) is 3. The van der Waals surface area contributed by atoms with Gasteiger partial charge in [0.25, 0.3) is 0 Å². The van der Waals surface area contributed by atoms with Gasteiger partial charge in [-0.3, -0.25) is 14.7 Å². The predicted molar refractivity (Wildman–Crippen MR) is 66.6 cm³/mol. The van der Waals surface area contributed by atoms with Crippen molar-refractivity contribution in [2.75, 3.05) is 19.6 Å². The van der Waals surface area contributed by atoms with Crippen molar-refractivity contribution in [3.63, 3.8) is 0 Å². The van der Waals surface area contributed by atoms with E-state index in [9.17, 15) is 4.79 Å². The number of carbonyl (C=O) groups excluding carboxylic acids is 1. The first-order chi connectivity index (χ1) is 8.15. The van der Waals surface area contributed by atoms with Gasteiger partial charge in [-0.1, -0.05) is 6.07 Å². The number of pyridine rings is 1. The second-order valence-corrected chi connectivity index (χ2v) is 4.80. The van der Waals surface area contributed by atoms with E-state index >= 15 is 0 Å². The van der Waals surface area contributed by atoms with Crippen LogP contribution in [0.15, 0.2) is 18.3 Å². The van der Waals surface area contributed by atoms with E-state index in [0.29, 0.717) is 12.5 Å². The summed E-state index contributed by atoms with van der Waals surface area (Å²) in [6.45, 7) is 4.25. The number of piperidine rings is 1. The van der Waals surface area contributed by atoms with Crippen LogP contribution in [0.3, 0.4) is 0 Å². The second-order valence-electron chi connectivity index (χ2n) is 4.80. The molecule has 2 N–H and O–H groups in total. The van der Waals surface area contributed by atoms with Crippen molar-refractivity contribution in [2.45, 2.75) is 25.7 Å². The summed E-state index contributed by atoms with van der Waals surface area (Å²) < 4.78 is 0. The standard InChI is InChI=1S/C13H19N3O/c1-10-4-5-12(15-7-10)11-3-2-6-16(8-11)9-13(14)17/h4-5,7,11H,2-3,6,8-9H2,1H3,(H2,14,17)/t11-/m1/s1. The van der Waals surface area contributed by atoms with E-state index < -0.39 is 0 Å². The van der Waals surface area contributed by atoms with Crippen LogP contribution in [-0.4, -0.2) is 35.4 Å². The average molecular weight is 233 g/mol. The van der Waals surface area contributed by atoms with Crippen molar-refractivity contribution >= 4 is 5.91 Å².